The lowest BCUT2D eigenvalue weighted by atomic mass is 9.95. The Balaban J connectivity index is 2.04. The van der Waals surface area contributed by atoms with Crippen molar-refractivity contribution in [3.05, 3.63) is 88.2 Å². The molecule has 0 spiro atoms. The fourth-order valence-corrected chi connectivity index (χ4v) is 4.19. The van der Waals surface area contributed by atoms with Crippen LogP contribution in [0.2, 0.25) is 5.02 Å². The largest absolute Gasteiger partial charge is 0.506 e. The number of carbonyl (C=O) groups excluding carboxylic acids is 2. The van der Waals surface area contributed by atoms with E-state index >= 15 is 0 Å². The quantitative estimate of drug-likeness (QED) is 0.335. The minimum Gasteiger partial charge on any atom is -0.506 e. The summed E-state index contributed by atoms with van der Waals surface area (Å²) in [6, 6.07) is 12.6. The standard InChI is InChI=1S/C25H21ClN2O5/c1-14-16(26)6-4-7-17(14)28-22(15-10-12-27-13-11-15)21(24(30)25(28)31)23(29)20-18(32-2)8-5-9-19(20)33-3/h4-13,22,29H,1-3H3/b23-21+. The van der Waals surface area contributed by atoms with E-state index in [0.717, 1.165) is 0 Å². The number of aliphatic hydroxyl groups excluding tert-OH is 1. The lowest BCUT2D eigenvalue weighted by molar-refractivity contribution is -0.132. The van der Waals surface area contributed by atoms with Crippen LogP contribution in [0.15, 0.2) is 66.5 Å². The van der Waals surface area contributed by atoms with Gasteiger partial charge in [-0.15, -0.1) is 0 Å². The number of carbonyl (C=O) groups is 2. The zero-order valence-electron chi connectivity index (χ0n) is 18.2. The van der Waals surface area contributed by atoms with Crippen LogP contribution in [0.4, 0.5) is 5.69 Å². The SMILES string of the molecule is COc1cccc(OC)c1/C(O)=C1\C(=O)C(=O)N(c2cccc(Cl)c2C)C1c1ccncc1. The Morgan fingerprint density at radius 2 is 1.61 bits per heavy atom. The van der Waals surface area contributed by atoms with Crippen LogP contribution in [0.25, 0.3) is 5.76 Å². The number of halogens is 1. The molecule has 1 unspecified atom stereocenters. The van der Waals surface area contributed by atoms with Crippen molar-refractivity contribution in [3.8, 4) is 11.5 Å². The maximum absolute atomic E-state index is 13.3. The molecule has 168 valence electrons. The van der Waals surface area contributed by atoms with Crippen molar-refractivity contribution in [2.24, 2.45) is 0 Å². The first kappa shape index (κ1) is 22.4. The third-order valence-electron chi connectivity index (χ3n) is 5.63. The number of amides is 1. The van der Waals surface area contributed by atoms with Crippen molar-refractivity contribution in [1.29, 1.82) is 0 Å². The molecule has 4 rings (SSSR count). The Bertz CT molecular complexity index is 1250. The maximum Gasteiger partial charge on any atom is 0.300 e. The molecule has 7 nitrogen and oxygen atoms in total. The first-order valence-electron chi connectivity index (χ1n) is 10.1. The number of hydrogen-bond acceptors (Lipinski definition) is 6. The van der Waals surface area contributed by atoms with Gasteiger partial charge in [-0.2, -0.15) is 0 Å². The highest BCUT2D eigenvalue weighted by molar-refractivity contribution is 6.52. The summed E-state index contributed by atoms with van der Waals surface area (Å²) in [5, 5.41) is 11.9. The fraction of sp³-hybridized carbons (Fsp3) is 0.160. The average Bonchev–Trinajstić information content (AvgIpc) is 3.10. The Morgan fingerprint density at radius 1 is 1.00 bits per heavy atom. The third kappa shape index (κ3) is 3.70. The van der Waals surface area contributed by atoms with Crippen LogP contribution in [0, 0.1) is 6.92 Å². The number of ketones is 1. The Morgan fingerprint density at radius 3 is 2.21 bits per heavy atom. The van der Waals surface area contributed by atoms with Gasteiger partial charge in [0.1, 0.15) is 22.8 Å². The number of rotatable bonds is 5. The monoisotopic (exact) mass is 464 g/mol. The number of aliphatic hydroxyl groups is 1. The molecular formula is C25H21ClN2O5. The molecule has 1 N–H and O–H groups in total. The number of ether oxygens (including phenoxy) is 2. The van der Waals surface area contributed by atoms with Crippen molar-refractivity contribution < 1.29 is 24.2 Å². The van der Waals surface area contributed by atoms with Gasteiger partial charge in [0, 0.05) is 23.1 Å². The molecule has 1 amide bonds. The average molecular weight is 465 g/mol. The van der Waals surface area contributed by atoms with Gasteiger partial charge in [0.15, 0.2) is 0 Å². The normalized spacial score (nSPS) is 17.3. The number of aromatic nitrogens is 1. The summed E-state index contributed by atoms with van der Waals surface area (Å²) < 4.78 is 10.8. The van der Waals surface area contributed by atoms with Gasteiger partial charge in [-0.3, -0.25) is 19.5 Å². The van der Waals surface area contributed by atoms with Crippen molar-refractivity contribution >= 4 is 34.7 Å². The topological polar surface area (TPSA) is 89.0 Å². The fourth-order valence-electron chi connectivity index (χ4n) is 4.02. The summed E-state index contributed by atoms with van der Waals surface area (Å²) in [5.41, 5.74) is 1.79. The summed E-state index contributed by atoms with van der Waals surface area (Å²) in [5.74, 6) is -1.41. The van der Waals surface area contributed by atoms with Crippen molar-refractivity contribution in [3.63, 3.8) is 0 Å². The van der Waals surface area contributed by atoms with Crippen LogP contribution in [-0.2, 0) is 9.59 Å². The van der Waals surface area contributed by atoms with Crippen molar-refractivity contribution in [2.45, 2.75) is 13.0 Å². The Hall–Kier alpha value is -3.84. The van der Waals surface area contributed by atoms with Gasteiger partial charge in [-0.25, -0.2) is 0 Å². The maximum atomic E-state index is 13.3. The predicted octanol–water partition coefficient (Wildman–Crippen LogP) is 4.69. The summed E-state index contributed by atoms with van der Waals surface area (Å²) in [7, 11) is 2.89. The van der Waals surface area contributed by atoms with Crippen molar-refractivity contribution in [2.75, 3.05) is 19.1 Å². The first-order chi connectivity index (χ1) is 15.9. The van der Waals surface area contributed by atoms with Gasteiger partial charge in [-0.1, -0.05) is 23.7 Å². The highest BCUT2D eigenvalue weighted by atomic mass is 35.5. The Kier molecular flexibility index (Phi) is 6.07. The molecule has 0 bridgehead atoms. The summed E-state index contributed by atoms with van der Waals surface area (Å²) in [6.45, 7) is 1.77. The van der Waals surface area contributed by atoms with Crippen LogP contribution >= 0.6 is 11.6 Å². The summed E-state index contributed by atoms with van der Waals surface area (Å²) in [4.78, 5) is 32.1. The van der Waals surface area contributed by atoms with Gasteiger partial charge in [-0.05, 0) is 54.4 Å². The summed E-state index contributed by atoms with van der Waals surface area (Å²) >= 11 is 6.32. The van der Waals surface area contributed by atoms with E-state index in [1.54, 1.807) is 67.8 Å². The smallest absolute Gasteiger partial charge is 0.300 e. The van der Waals surface area contributed by atoms with E-state index < -0.39 is 23.5 Å². The number of pyridine rings is 1. The molecular weight excluding hydrogens is 444 g/mol. The molecule has 1 atom stereocenters. The lowest BCUT2D eigenvalue weighted by Gasteiger charge is -2.27. The van der Waals surface area contributed by atoms with E-state index in [4.69, 9.17) is 21.1 Å². The van der Waals surface area contributed by atoms with E-state index in [2.05, 4.69) is 4.98 Å². The molecule has 1 aliphatic rings. The minimum atomic E-state index is -0.917. The van der Waals surface area contributed by atoms with Crippen LogP contribution in [0.5, 0.6) is 11.5 Å². The number of Topliss-reactive ketones (excluding diaryl/α,β-unsaturated/α-hetero) is 1. The number of methoxy groups -OCH3 is 2. The molecule has 0 aliphatic carbocycles. The van der Waals surface area contributed by atoms with Crippen molar-refractivity contribution in [1.82, 2.24) is 4.98 Å². The molecule has 3 aromatic rings. The van der Waals surface area contributed by atoms with Gasteiger partial charge >= 0.3 is 0 Å². The van der Waals surface area contributed by atoms with Crippen LogP contribution in [0.1, 0.15) is 22.7 Å². The number of nitrogens with zero attached hydrogens (tertiary/aromatic N) is 2. The van der Waals surface area contributed by atoms with Gasteiger partial charge in [0.05, 0.1) is 25.8 Å². The van der Waals surface area contributed by atoms with E-state index in [9.17, 15) is 14.7 Å². The molecule has 0 radical (unpaired) electrons. The number of hydrogen-bond donors (Lipinski definition) is 1. The number of benzene rings is 2. The molecule has 1 aliphatic heterocycles. The van der Waals surface area contributed by atoms with E-state index in [1.807, 2.05) is 0 Å². The van der Waals surface area contributed by atoms with Crippen LogP contribution in [-0.4, -0.2) is 36.0 Å². The molecule has 1 aromatic heterocycles. The molecule has 1 saturated heterocycles. The highest BCUT2D eigenvalue weighted by Crippen LogP contribution is 2.46. The zero-order chi connectivity index (χ0) is 23.7. The van der Waals surface area contributed by atoms with E-state index in [1.165, 1.54) is 19.1 Å². The predicted molar refractivity (Wildman–Crippen MR) is 125 cm³/mol. The molecule has 1 fully saturated rings. The lowest BCUT2D eigenvalue weighted by Crippen LogP contribution is -2.30. The second-order valence-corrected chi connectivity index (χ2v) is 7.78. The van der Waals surface area contributed by atoms with Crippen LogP contribution in [0.3, 0.4) is 0 Å². The van der Waals surface area contributed by atoms with E-state index in [-0.39, 0.29) is 11.1 Å². The van der Waals surface area contributed by atoms with Gasteiger partial charge < -0.3 is 14.6 Å². The third-order valence-corrected chi connectivity index (χ3v) is 6.04. The van der Waals surface area contributed by atoms with Gasteiger partial charge in [0.25, 0.3) is 11.7 Å². The molecule has 8 heteroatoms. The van der Waals surface area contributed by atoms with Gasteiger partial charge in [0.2, 0.25) is 0 Å². The molecule has 0 saturated carbocycles. The second-order valence-electron chi connectivity index (χ2n) is 7.37. The number of anilines is 1. The zero-order valence-corrected chi connectivity index (χ0v) is 19.0. The van der Waals surface area contributed by atoms with E-state index in [0.29, 0.717) is 33.3 Å². The summed E-state index contributed by atoms with van der Waals surface area (Å²) in [6.07, 6.45) is 3.12. The Labute approximate surface area is 195 Å². The highest BCUT2D eigenvalue weighted by Gasteiger charge is 2.48. The van der Waals surface area contributed by atoms with Crippen LogP contribution < -0.4 is 14.4 Å². The molecule has 33 heavy (non-hydrogen) atoms. The molecule has 2 heterocycles. The molecule has 2 aromatic carbocycles. The second kappa shape index (κ2) is 8.96. The first-order valence-corrected chi connectivity index (χ1v) is 10.5. The minimum absolute atomic E-state index is 0.0895.